The molecule has 0 aliphatic carbocycles. The van der Waals surface area contributed by atoms with E-state index in [4.69, 9.17) is 9.47 Å². The fourth-order valence-electron chi connectivity index (χ4n) is 2.82. The number of rotatable bonds is 3. The van der Waals surface area contributed by atoms with E-state index in [2.05, 4.69) is 4.98 Å². The van der Waals surface area contributed by atoms with Gasteiger partial charge in [0.05, 0.1) is 13.2 Å². The fourth-order valence-corrected chi connectivity index (χ4v) is 2.82. The molecular weight excluding hydrogens is 322 g/mol. The van der Waals surface area contributed by atoms with Crippen molar-refractivity contribution in [2.45, 2.75) is 45.3 Å². The molecule has 0 spiro atoms. The number of hydrogen-bond donors (Lipinski definition) is 0. The second-order valence-corrected chi connectivity index (χ2v) is 7.20. The summed E-state index contributed by atoms with van der Waals surface area (Å²) in [6.45, 7) is 6.63. The van der Waals surface area contributed by atoms with Gasteiger partial charge in [0, 0.05) is 26.3 Å². The second-order valence-electron chi connectivity index (χ2n) is 7.20. The highest BCUT2D eigenvalue weighted by molar-refractivity contribution is 5.96. The fraction of sp³-hybridized carbons (Fsp3) is 0.611. The van der Waals surface area contributed by atoms with E-state index >= 15 is 0 Å². The molecule has 0 radical (unpaired) electrons. The third kappa shape index (κ3) is 4.84. The zero-order valence-corrected chi connectivity index (χ0v) is 15.6. The summed E-state index contributed by atoms with van der Waals surface area (Å²) in [5, 5.41) is 0. The normalized spacial score (nSPS) is 17.8. The number of nitrogens with zero attached hydrogens (tertiary/aromatic N) is 3. The molecule has 2 amide bonds. The molecule has 1 aliphatic rings. The standard InChI is InChI=1S/C18H27N3O4/c1-18(2,3)25-17(23)20(4)13-8-7-11-21(12-13)16(22)14-9-6-10-19-15(14)24-5/h6,9-10,13H,7-8,11-12H2,1-5H3. The SMILES string of the molecule is COc1ncccc1C(=O)N1CCCC(N(C)C(=O)OC(C)(C)C)C1. The Balaban J connectivity index is 2.07. The summed E-state index contributed by atoms with van der Waals surface area (Å²) in [4.78, 5) is 32.5. The van der Waals surface area contributed by atoms with Gasteiger partial charge in [0.15, 0.2) is 0 Å². The lowest BCUT2D eigenvalue weighted by Gasteiger charge is -2.38. The summed E-state index contributed by atoms with van der Waals surface area (Å²) in [5.41, 5.74) is -0.107. The van der Waals surface area contributed by atoms with Crippen LogP contribution in [0.3, 0.4) is 0 Å². The summed E-state index contributed by atoms with van der Waals surface area (Å²) >= 11 is 0. The Hall–Kier alpha value is -2.31. The zero-order chi connectivity index (χ0) is 18.6. The van der Waals surface area contributed by atoms with Gasteiger partial charge in [-0.2, -0.15) is 0 Å². The van der Waals surface area contributed by atoms with E-state index in [1.807, 2.05) is 20.8 Å². The molecule has 0 N–H and O–H groups in total. The van der Waals surface area contributed by atoms with E-state index in [0.717, 1.165) is 12.8 Å². The predicted octanol–water partition coefficient (Wildman–Crippen LogP) is 2.56. The first-order valence-electron chi connectivity index (χ1n) is 8.47. The average molecular weight is 349 g/mol. The van der Waals surface area contributed by atoms with E-state index in [9.17, 15) is 9.59 Å². The van der Waals surface area contributed by atoms with Crippen molar-refractivity contribution in [2.24, 2.45) is 0 Å². The van der Waals surface area contributed by atoms with Crippen molar-refractivity contribution in [3.05, 3.63) is 23.9 Å². The van der Waals surface area contributed by atoms with Gasteiger partial charge >= 0.3 is 6.09 Å². The minimum Gasteiger partial charge on any atom is -0.480 e. The number of carbonyl (C=O) groups excluding carboxylic acids is 2. The maximum Gasteiger partial charge on any atom is 0.410 e. The highest BCUT2D eigenvalue weighted by atomic mass is 16.6. The maximum atomic E-state index is 12.8. The van der Waals surface area contributed by atoms with Crippen LogP contribution in [0.15, 0.2) is 18.3 Å². The Labute approximate surface area is 148 Å². The van der Waals surface area contributed by atoms with Gasteiger partial charge in [-0.05, 0) is 45.7 Å². The van der Waals surface area contributed by atoms with Crippen molar-refractivity contribution >= 4 is 12.0 Å². The molecule has 0 bridgehead atoms. The Kier molecular flexibility index (Phi) is 5.87. The van der Waals surface area contributed by atoms with Crippen LogP contribution in [0.25, 0.3) is 0 Å². The molecule has 1 atom stereocenters. The Morgan fingerprint density at radius 1 is 1.36 bits per heavy atom. The molecule has 0 aromatic carbocycles. The van der Waals surface area contributed by atoms with Crippen molar-refractivity contribution < 1.29 is 19.1 Å². The van der Waals surface area contributed by atoms with Crippen LogP contribution >= 0.6 is 0 Å². The van der Waals surface area contributed by atoms with Crippen LogP contribution in [0.5, 0.6) is 5.88 Å². The molecule has 7 nitrogen and oxygen atoms in total. The molecule has 1 aromatic heterocycles. The monoisotopic (exact) mass is 349 g/mol. The van der Waals surface area contributed by atoms with Gasteiger partial charge in [-0.1, -0.05) is 0 Å². The predicted molar refractivity (Wildman–Crippen MR) is 93.7 cm³/mol. The summed E-state index contributed by atoms with van der Waals surface area (Å²) in [7, 11) is 3.21. The molecule has 7 heteroatoms. The Bertz CT molecular complexity index is 627. The highest BCUT2D eigenvalue weighted by Gasteiger charge is 2.32. The third-order valence-electron chi connectivity index (χ3n) is 4.11. The van der Waals surface area contributed by atoms with Crippen molar-refractivity contribution in [1.82, 2.24) is 14.8 Å². The number of pyridine rings is 1. The number of likely N-dealkylation sites (N-methyl/N-ethyl adjacent to an activating group) is 1. The largest absolute Gasteiger partial charge is 0.480 e. The Morgan fingerprint density at radius 2 is 2.08 bits per heavy atom. The Morgan fingerprint density at radius 3 is 2.72 bits per heavy atom. The minimum atomic E-state index is -0.543. The summed E-state index contributed by atoms with van der Waals surface area (Å²) in [5.74, 6) is 0.183. The highest BCUT2D eigenvalue weighted by Crippen LogP contribution is 2.22. The van der Waals surface area contributed by atoms with Crippen molar-refractivity contribution in [3.63, 3.8) is 0 Å². The molecule has 0 saturated carbocycles. The molecule has 138 valence electrons. The number of carbonyl (C=O) groups is 2. The second kappa shape index (κ2) is 7.72. The first-order valence-corrected chi connectivity index (χ1v) is 8.47. The molecule has 1 fully saturated rings. The van der Waals surface area contributed by atoms with Crippen molar-refractivity contribution in [3.8, 4) is 5.88 Å². The van der Waals surface area contributed by atoms with Gasteiger partial charge in [0.1, 0.15) is 11.2 Å². The molecule has 2 heterocycles. The zero-order valence-electron chi connectivity index (χ0n) is 15.6. The van der Waals surface area contributed by atoms with Crippen LogP contribution in [0.4, 0.5) is 4.79 Å². The first kappa shape index (κ1) is 19.0. The van der Waals surface area contributed by atoms with Crippen LogP contribution in [-0.4, -0.2) is 65.7 Å². The van der Waals surface area contributed by atoms with E-state index in [-0.39, 0.29) is 18.0 Å². The lowest BCUT2D eigenvalue weighted by atomic mass is 10.0. The lowest BCUT2D eigenvalue weighted by molar-refractivity contribution is 0.0131. The summed E-state index contributed by atoms with van der Waals surface area (Å²) < 4.78 is 10.6. The molecule has 1 saturated heterocycles. The van der Waals surface area contributed by atoms with E-state index in [0.29, 0.717) is 24.5 Å². The molecule has 1 aliphatic heterocycles. The smallest absolute Gasteiger partial charge is 0.410 e. The van der Waals surface area contributed by atoms with Crippen LogP contribution in [0, 0.1) is 0 Å². The summed E-state index contributed by atoms with van der Waals surface area (Å²) in [6, 6.07) is 3.34. The first-order chi connectivity index (χ1) is 11.7. The van der Waals surface area contributed by atoms with Gasteiger partial charge < -0.3 is 19.3 Å². The number of hydrogen-bond acceptors (Lipinski definition) is 5. The number of piperidine rings is 1. The number of ether oxygens (including phenoxy) is 2. The van der Waals surface area contributed by atoms with Gasteiger partial charge in [-0.3, -0.25) is 4.79 Å². The van der Waals surface area contributed by atoms with Gasteiger partial charge in [-0.25, -0.2) is 9.78 Å². The van der Waals surface area contributed by atoms with Crippen LogP contribution < -0.4 is 4.74 Å². The molecule has 2 rings (SSSR count). The van der Waals surface area contributed by atoms with E-state index in [1.165, 1.54) is 7.11 Å². The van der Waals surface area contributed by atoms with Gasteiger partial charge in [-0.15, -0.1) is 0 Å². The third-order valence-corrected chi connectivity index (χ3v) is 4.11. The lowest BCUT2D eigenvalue weighted by Crippen LogP contribution is -2.51. The average Bonchev–Trinajstić information content (AvgIpc) is 2.59. The molecular formula is C18H27N3O4. The number of amides is 2. The number of likely N-dealkylation sites (tertiary alicyclic amines) is 1. The van der Waals surface area contributed by atoms with E-state index in [1.54, 1.807) is 35.2 Å². The van der Waals surface area contributed by atoms with Gasteiger partial charge in [0.2, 0.25) is 5.88 Å². The quantitative estimate of drug-likeness (QED) is 0.839. The van der Waals surface area contributed by atoms with Crippen molar-refractivity contribution in [1.29, 1.82) is 0 Å². The maximum absolute atomic E-state index is 12.8. The van der Waals surface area contributed by atoms with E-state index < -0.39 is 5.60 Å². The van der Waals surface area contributed by atoms with Crippen LogP contribution in [0.1, 0.15) is 44.0 Å². The molecule has 1 unspecified atom stereocenters. The molecule has 1 aromatic rings. The number of aromatic nitrogens is 1. The number of methoxy groups -OCH3 is 1. The van der Waals surface area contributed by atoms with Gasteiger partial charge in [0.25, 0.3) is 5.91 Å². The van der Waals surface area contributed by atoms with Crippen LogP contribution in [-0.2, 0) is 4.74 Å². The minimum absolute atomic E-state index is 0.0739. The van der Waals surface area contributed by atoms with Crippen molar-refractivity contribution in [2.75, 3.05) is 27.2 Å². The van der Waals surface area contributed by atoms with Crippen LogP contribution in [0.2, 0.25) is 0 Å². The molecule has 25 heavy (non-hydrogen) atoms. The summed E-state index contributed by atoms with van der Waals surface area (Å²) in [6.07, 6.45) is 2.88. The topological polar surface area (TPSA) is 72.0 Å².